The van der Waals surface area contributed by atoms with Crippen LogP contribution < -0.4 is 16.6 Å². The van der Waals surface area contributed by atoms with Crippen molar-refractivity contribution in [2.45, 2.75) is 39.2 Å². The molecule has 1 aromatic carbocycles. The molecule has 0 fully saturated rings. The van der Waals surface area contributed by atoms with Crippen molar-refractivity contribution in [1.82, 2.24) is 14.5 Å². The summed E-state index contributed by atoms with van der Waals surface area (Å²) in [7, 11) is 0. The Kier molecular flexibility index (Phi) is 4.65. The van der Waals surface area contributed by atoms with Crippen molar-refractivity contribution in [3.63, 3.8) is 0 Å². The first-order valence-electron chi connectivity index (χ1n) is 9.05. The van der Waals surface area contributed by atoms with E-state index >= 15 is 0 Å². The van der Waals surface area contributed by atoms with Gasteiger partial charge >= 0.3 is 5.69 Å². The normalized spacial score (nSPS) is 16.3. The number of aromatic nitrogens is 3. The Hall–Kier alpha value is -2.74. The molecule has 1 aliphatic rings. The first-order valence-corrected chi connectivity index (χ1v) is 9.87. The smallest absolute Gasteiger partial charge is 0.307 e. The zero-order valence-electron chi connectivity index (χ0n) is 14.9. The summed E-state index contributed by atoms with van der Waals surface area (Å²) in [5.74, 6) is 0.243. The average Bonchev–Trinajstić information content (AvgIpc) is 3.06. The minimum atomic E-state index is -0.599. The minimum Gasteiger partial charge on any atom is -0.307 e. The molecular weight excluding hydrogens is 364 g/mol. The second-order valence-corrected chi connectivity index (χ2v) is 7.90. The fraction of sp³-hybridized carbons (Fsp3) is 0.368. The van der Waals surface area contributed by atoms with E-state index in [-0.39, 0.29) is 6.54 Å². The van der Waals surface area contributed by atoms with Crippen LogP contribution in [0.15, 0.2) is 33.9 Å². The fourth-order valence-electron chi connectivity index (χ4n) is 3.49. The molecule has 0 spiro atoms. The number of nitrogens with one attached hydrogen (secondary N) is 2. The van der Waals surface area contributed by atoms with Gasteiger partial charge in [0.05, 0.1) is 16.6 Å². The van der Waals surface area contributed by atoms with Gasteiger partial charge < -0.3 is 10.3 Å². The van der Waals surface area contributed by atoms with Gasteiger partial charge in [-0.3, -0.25) is 14.2 Å². The van der Waals surface area contributed by atoms with Crippen molar-refractivity contribution in [3.05, 3.63) is 55.7 Å². The number of fused-ring (bicyclic) bond motifs is 2. The lowest BCUT2D eigenvalue weighted by molar-refractivity contribution is -0.116. The molecule has 1 unspecified atom stereocenters. The van der Waals surface area contributed by atoms with E-state index in [0.29, 0.717) is 22.0 Å². The Labute approximate surface area is 159 Å². The first kappa shape index (κ1) is 17.7. The van der Waals surface area contributed by atoms with Gasteiger partial charge in [0.2, 0.25) is 5.91 Å². The number of amides is 1. The largest absolute Gasteiger partial charge is 0.329 e. The molecule has 7 nitrogen and oxygen atoms in total. The Morgan fingerprint density at radius 2 is 2.19 bits per heavy atom. The number of hydrogen-bond donors (Lipinski definition) is 2. The molecule has 27 heavy (non-hydrogen) atoms. The number of aryl methyl sites for hydroxylation is 1. The fourth-order valence-corrected chi connectivity index (χ4v) is 4.63. The lowest BCUT2D eigenvalue weighted by atomic mass is 9.89. The molecule has 1 amide bonds. The highest BCUT2D eigenvalue weighted by molar-refractivity contribution is 7.15. The number of hydrogen-bond acceptors (Lipinski definition) is 5. The van der Waals surface area contributed by atoms with Crippen LogP contribution in [0, 0.1) is 5.92 Å². The predicted octanol–water partition coefficient (Wildman–Crippen LogP) is 2.30. The molecule has 0 radical (unpaired) electrons. The summed E-state index contributed by atoms with van der Waals surface area (Å²) >= 11 is 1.49. The summed E-state index contributed by atoms with van der Waals surface area (Å²) in [5.41, 5.74) is 0.440. The van der Waals surface area contributed by atoms with Crippen LogP contribution in [0.4, 0.5) is 5.13 Å². The standard InChI is InChI=1S/C19H20N4O3S/c1-2-11-7-8-14-15(9-11)27-18(20-14)22-16(24)10-23-17(25)12-5-3-4-6-13(12)21-19(23)26/h3-6,11H,2,7-10H2,1H3,(H,21,26)(H,20,22,24). The highest BCUT2D eigenvalue weighted by Crippen LogP contribution is 2.33. The van der Waals surface area contributed by atoms with Crippen molar-refractivity contribution in [1.29, 1.82) is 0 Å². The van der Waals surface area contributed by atoms with Gasteiger partial charge in [-0.05, 0) is 37.3 Å². The predicted molar refractivity (Wildman–Crippen MR) is 105 cm³/mol. The molecule has 3 aromatic rings. The number of H-pyrrole nitrogens is 1. The van der Waals surface area contributed by atoms with E-state index in [2.05, 4.69) is 22.2 Å². The third-order valence-electron chi connectivity index (χ3n) is 5.06. The molecule has 0 bridgehead atoms. The van der Waals surface area contributed by atoms with E-state index < -0.39 is 17.2 Å². The molecule has 2 N–H and O–H groups in total. The van der Waals surface area contributed by atoms with Crippen molar-refractivity contribution in [2.75, 3.05) is 5.32 Å². The number of thiazole rings is 1. The molecule has 1 atom stereocenters. The van der Waals surface area contributed by atoms with Crippen LogP contribution in [0.3, 0.4) is 0 Å². The summed E-state index contributed by atoms with van der Waals surface area (Å²) in [5, 5.41) is 3.65. The molecule has 1 aliphatic carbocycles. The minimum absolute atomic E-state index is 0.346. The van der Waals surface area contributed by atoms with Crippen LogP contribution in [0.5, 0.6) is 0 Å². The van der Waals surface area contributed by atoms with Crippen LogP contribution in [-0.4, -0.2) is 20.4 Å². The van der Waals surface area contributed by atoms with Crippen molar-refractivity contribution >= 4 is 33.3 Å². The van der Waals surface area contributed by atoms with E-state index in [0.717, 1.165) is 35.9 Å². The van der Waals surface area contributed by atoms with E-state index in [9.17, 15) is 14.4 Å². The quantitative estimate of drug-likeness (QED) is 0.721. The number of carbonyl (C=O) groups excluding carboxylic acids is 1. The SMILES string of the molecule is CCC1CCc2nc(NC(=O)Cn3c(=O)[nH]c4ccccc4c3=O)sc2C1. The van der Waals surface area contributed by atoms with Gasteiger partial charge in [-0.2, -0.15) is 0 Å². The number of aromatic amines is 1. The molecular formula is C19H20N4O3S. The molecule has 140 valence electrons. The Morgan fingerprint density at radius 1 is 1.37 bits per heavy atom. The van der Waals surface area contributed by atoms with Gasteiger partial charge in [0.15, 0.2) is 5.13 Å². The molecule has 2 heterocycles. The molecule has 0 saturated heterocycles. The summed E-state index contributed by atoms with van der Waals surface area (Å²) in [4.78, 5) is 45.5. The van der Waals surface area contributed by atoms with Crippen LogP contribution in [0.1, 0.15) is 30.3 Å². The number of rotatable bonds is 4. The number of benzene rings is 1. The van der Waals surface area contributed by atoms with E-state index in [4.69, 9.17) is 0 Å². The number of carbonyl (C=O) groups is 1. The van der Waals surface area contributed by atoms with Crippen molar-refractivity contribution in [2.24, 2.45) is 5.92 Å². The third-order valence-corrected chi connectivity index (χ3v) is 6.09. The number of para-hydroxylation sites is 1. The number of nitrogens with zero attached hydrogens (tertiary/aromatic N) is 2. The lowest BCUT2D eigenvalue weighted by Crippen LogP contribution is -2.38. The second-order valence-electron chi connectivity index (χ2n) is 6.82. The van der Waals surface area contributed by atoms with Crippen LogP contribution in [0.2, 0.25) is 0 Å². The van der Waals surface area contributed by atoms with Gasteiger partial charge in [0.1, 0.15) is 6.54 Å². The maximum Gasteiger partial charge on any atom is 0.329 e. The summed E-state index contributed by atoms with van der Waals surface area (Å²) in [6.45, 7) is 1.85. The van der Waals surface area contributed by atoms with E-state index in [1.165, 1.54) is 16.2 Å². The highest BCUT2D eigenvalue weighted by atomic mass is 32.1. The van der Waals surface area contributed by atoms with E-state index in [1.54, 1.807) is 24.3 Å². The highest BCUT2D eigenvalue weighted by Gasteiger charge is 2.22. The van der Waals surface area contributed by atoms with Gasteiger partial charge in [-0.25, -0.2) is 9.78 Å². The number of anilines is 1. The molecule has 8 heteroatoms. The maximum atomic E-state index is 12.5. The third kappa shape index (κ3) is 3.44. The topological polar surface area (TPSA) is 96.8 Å². The van der Waals surface area contributed by atoms with Gasteiger partial charge in [0, 0.05) is 4.88 Å². The van der Waals surface area contributed by atoms with Crippen LogP contribution in [-0.2, 0) is 24.2 Å². The molecule has 0 saturated carbocycles. The van der Waals surface area contributed by atoms with Crippen LogP contribution in [0.25, 0.3) is 10.9 Å². The summed E-state index contributed by atoms with van der Waals surface area (Å²) in [6, 6.07) is 6.74. The molecule has 2 aromatic heterocycles. The zero-order chi connectivity index (χ0) is 19.0. The second kappa shape index (κ2) is 7.11. The lowest BCUT2D eigenvalue weighted by Gasteiger charge is -2.18. The Balaban J connectivity index is 1.54. The monoisotopic (exact) mass is 384 g/mol. The van der Waals surface area contributed by atoms with E-state index in [1.807, 2.05) is 0 Å². The maximum absolute atomic E-state index is 12.5. The van der Waals surface area contributed by atoms with Crippen molar-refractivity contribution in [3.8, 4) is 0 Å². The molecule has 4 rings (SSSR count). The Morgan fingerprint density at radius 3 is 3.00 bits per heavy atom. The summed E-state index contributed by atoms with van der Waals surface area (Å²) < 4.78 is 0.915. The molecule has 0 aliphatic heterocycles. The summed E-state index contributed by atoms with van der Waals surface area (Å²) in [6.07, 6.45) is 4.21. The van der Waals surface area contributed by atoms with Gasteiger partial charge in [0.25, 0.3) is 5.56 Å². The average molecular weight is 384 g/mol. The zero-order valence-corrected chi connectivity index (χ0v) is 15.8. The van der Waals surface area contributed by atoms with Gasteiger partial charge in [-0.15, -0.1) is 11.3 Å². The van der Waals surface area contributed by atoms with Crippen LogP contribution >= 0.6 is 11.3 Å². The van der Waals surface area contributed by atoms with Crippen molar-refractivity contribution < 1.29 is 4.79 Å². The Bertz CT molecular complexity index is 1130. The van der Waals surface area contributed by atoms with Gasteiger partial charge in [-0.1, -0.05) is 25.5 Å². The first-order chi connectivity index (χ1) is 13.0.